The number of rotatable bonds is 8. The van der Waals surface area contributed by atoms with E-state index in [0.29, 0.717) is 18.4 Å². The molecular weight excluding hydrogens is 503 g/mol. The summed E-state index contributed by atoms with van der Waals surface area (Å²) in [5.41, 5.74) is -1.65. The maximum absolute atomic E-state index is 13.2. The molecule has 0 spiro atoms. The van der Waals surface area contributed by atoms with Crippen LogP contribution in [0.2, 0.25) is 0 Å². The second-order valence-corrected chi connectivity index (χ2v) is 10.4. The lowest BCUT2D eigenvalue weighted by Gasteiger charge is -2.24. The number of benzene rings is 2. The van der Waals surface area contributed by atoms with E-state index < -0.39 is 50.9 Å². The number of hydrogen-bond acceptors (Lipinski definition) is 6. The Bertz CT molecular complexity index is 1470. The number of nitrogens with zero attached hydrogens (tertiary/aromatic N) is 1. The zero-order valence-electron chi connectivity index (χ0n) is 18.5. The van der Waals surface area contributed by atoms with Gasteiger partial charge in [0, 0.05) is 18.2 Å². The van der Waals surface area contributed by atoms with Gasteiger partial charge >= 0.3 is 12.1 Å². The van der Waals surface area contributed by atoms with E-state index in [0.717, 1.165) is 23.1 Å². The van der Waals surface area contributed by atoms with Crippen LogP contribution >= 0.6 is 0 Å². The summed E-state index contributed by atoms with van der Waals surface area (Å²) in [6.07, 6.45) is -4.27. The van der Waals surface area contributed by atoms with Crippen LogP contribution in [0.25, 0.3) is 0 Å². The maximum Gasteiger partial charge on any atom is 0.573 e. The van der Waals surface area contributed by atoms with Gasteiger partial charge in [-0.25, -0.2) is 13.2 Å². The minimum absolute atomic E-state index is 0.0952. The SMILES string of the molecule is O=C(c1cc(=O)[nH]c(=O)[nH]1)N(Cc1ccccc1)Cc1ccc(S(=O)(=O)C2CC2)cc1OC(F)(F)F. The Morgan fingerprint density at radius 2 is 1.69 bits per heavy atom. The first-order valence-electron chi connectivity index (χ1n) is 10.7. The molecule has 2 aromatic carbocycles. The number of aromatic amines is 2. The number of carbonyl (C=O) groups is 1. The number of halogens is 3. The van der Waals surface area contributed by atoms with E-state index in [2.05, 4.69) is 9.72 Å². The van der Waals surface area contributed by atoms with Crippen molar-refractivity contribution in [2.24, 2.45) is 0 Å². The van der Waals surface area contributed by atoms with Gasteiger partial charge in [0.2, 0.25) is 0 Å². The zero-order valence-corrected chi connectivity index (χ0v) is 19.4. The van der Waals surface area contributed by atoms with Crippen LogP contribution in [-0.4, -0.2) is 40.8 Å². The Labute approximate surface area is 202 Å². The molecule has 1 saturated carbocycles. The number of carbonyl (C=O) groups excluding carboxylic acids is 1. The largest absolute Gasteiger partial charge is 0.573 e. The number of hydrogen-bond donors (Lipinski definition) is 2. The Kier molecular flexibility index (Phi) is 6.76. The molecular formula is C23H20F3N3O6S. The van der Waals surface area contributed by atoms with Crippen molar-refractivity contribution in [3.8, 4) is 5.75 Å². The Balaban J connectivity index is 1.75. The van der Waals surface area contributed by atoms with Crippen molar-refractivity contribution < 1.29 is 31.1 Å². The van der Waals surface area contributed by atoms with Crippen LogP contribution in [-0.2, 0) is 22.9 Å². The van der Waals surface area contributed by atoms with Crippen LogP contribution in [0.3, 0.4) is 0 Å². The van der Waals surface area contributed by atoms with Gasteiger partial charge in [-0.15, -0.1) is 13.2 Å². The van der Waals surface area contributed by atoms with E-state index >= 15 is 0 Å². The highest BCUT2D eigenvalue weighted by Gasteiger charge is 2.38. The highest BCUT2D eigenvalue weighted by Crippen LogP contribution is 2.37. The molecule has 0 bridgehead atoms. The Morgan fingerprint density at radius 3 is 2.31 bits per heavy atom. The van der Waals surface area contributed by atoms with Crippen LogP contribution < -0.4 is 16.0 Å². The van der Waals surface area contributed by atoms with Crippen LogP contribution in [0.1, 0.15) is 34.5 Å². The monoisotopic (exact) mass is 523 g/mol. The minimum Gasteiger partial charge on any atom is -0.405 e. The van der Waals surface area contributed by atoms with Crippen molar-refractivity contribution in [1.29, 1.82) is 0 Å². The minimum atomic E-state index is -5.12. The van der Waals surface area contributed by atoms with Crippen molar-refractivity contribution >= 4 is 15.7 Å². The van der Waals surface area contributed by atoms with Gasteiger partial charge in [-0.1, -0.05) is 36.4 Å². The van der Waals surface area contributed by atoms with Crippen molar-refractivity contribution in [3.63, 3.8) is 0 Å². The summed E-state index contributed by atoms with van der Waals surface area (Å²) < 4.78 is 68.8. The average molecular weight is 523 g/mol. The summed E-state index contributed by atoms with van der Waals surface area (Å²) in [6, 6.07) is 12.5. The molecule has 3 aromatic rings. The fourth-order valence-corrected chi connectivity index (χ4v) is 5.27. The van der Waals surface area contributed by atoms with E-state index in [1.54, 1.807) is 30.3 Å². The number of H-pyrrole nitrogens is 2. The first-order valence-corrected chi connectivity index (χ1v) is 12.3. The predicted molar refractivity (Wildman–Crippen MR) is 121 cm³/mol. The molecule has 4 rings (SSSR count). The van der Waals surface area contributed by atoms with Crippen LogP contribution in [0.5, 0.6) is 5.75 Å². The van der Waals surface area contributed by atoms with Gasteiger partial charge in [0.25, 0.3) is 11.5 Å². The Hall–Kier alpha value is -3.87. The molecule has 36 heavy (non-hydrogen) atoms. The summed E-state index contributed by atoms with van der Waals surface area (Å²) >= 11 is 0. The second-order valence-electron chi connectivity index (χ2n) is 8.21. The highest BCUT2D eigenvalue weighted by molar-refractivity contribution is 7.92. The van der Waals surface area contributed by atoms with Gasteiger partial charge in [0.05, 0.1) is 16.7 Å². The number of aromatic nitrogens is 2. The molecule has 2 N–H and O–H groups in total. The highest BCUT2D eigenvalue weighted by atomic mass is 32.2. The third-order valence-corrected chi connectivity index (χ3v) is 7.67. The molecule has 13 heteroatoms. The third kappa shape index (κ3) is 6.03. The molecule has 0 aliphatic heterocycles. The molecule has 1 heterocycles. The predicted octanol–water partition coefficient (Wildman–Crippen LogP) is 2.74. The molecule has 9 nitrogen and oxygen atoms in total. The fourth-order valence-electron chi connectivity index (χ4n) is 3.60. The summed E-state index contributed by atoms with van der Waals surface area (Å²) in [5, 5.41) is -0.647. The van der Waals surface area contributed by atoms with Gasteiger partial charge in [-0.05, 0) is 30.5 Å². The van der Waals surface area contributed by atoms with Crippen molar-refractivity contribution in [1.82, 2.24) is 14.9 Å². The molecule has 1 fully saturated rings. The van der Waals surface area contributed by atoms with Crippen molar-refractivity contribution in [2.75, 3.05) is 0 Å². The standard InChI is InChI=1S/C23H20F3N3O6S/c24-23(25,26)35-19-10-17(36(33,34)16-8-9-16)7-6-15(19)13-29(12-14-4-2-1-3-5-14)21(31)18-11-20(30)28-22(32)27-18/h1-7,10-11,16H,8-9,12-13H2,(H2,27,28,30,32). The van der Waals surface area contributed by atoms with E-state index in [1.165, 1.54) is 6.07 Å². The normalized spacial score (nSPS) is 13.9. The summed E-state index contributed by atoms with van der Waals surface area (Å²) in [5.74, 6) is -1.61. The molecule has 0 radical (unpaired) electrons. The van der Waals surface area contributed by atoms with Crippen molar-refractivity contribution in [2.45, 2.75) is 42.4 Å². The lowest BCUT2D eigenvalue weighted by Crippen LogP contribution is -2.34. The van der Waals surface area contributed by atoms with Gasteiger partial charge < -0.3 is 14.6 Å². The molecule has 0 saturated heterocycles. The molecule has 1 aromatic heterocycles. The van der Waals surface area contributed by atoms with Crippen LogP contribution in [0.15, 0.2) is 69.1 Å². The van der Waals surface area contributed by atoms with E-state index in [-0.39, 0.29) is 22.7 Å². The summed E-state index contributed by atoms with van der Waals surface area (Å²) in [6.45, 7) is -0.542. The molecule has 190 valence electrons. The Morgan fingerprint density at radius 1 is 1.00 bits per heavy atom. The van der Waals surface area contributed by atoms with E-state index in [1.807, 2.05) is 4.98 Å². The van der Waals surface area contributed by atoms with Gasteiger partial charge in [0.1, 0.15) is 11.4 Å². The van der Waals surface area contributed by atoms with E-state index in [4.69, 9.17) is 0 Å². The molecule has 1 aliphatic rings. The second kappa shape index (κ2) is 9.64. The van der Waals surface area contributed by atoms with Crippen LogP contribution in [0.4, 0.5) is 13.2 Å². The fraction of sp³-hybridized carbons (Fsp3) is 0.261. The summed E-state index contributed by atoms with van der Waals surface area (Å²) in [7, 11) is -3.81. The molecule has 0 unspecified atom stereocenters. The first kappa shape index (κ1) is 25.2. The molecule has 1 aliphatic carbocycles. The number of nitrogens with one attached hydrogen (secondary N) is 2. The maximum atomic E-state index is 13.2. The third-order valence-electron chi connectivity index (χ3n) is 5.41. The van der Waals surface area contributed by atoms with Crippen LogP contribution in [0, 0.1) is 0 Å². The van der Waals surface area contributed by atoms with Gasteiger partial charge in [-0.2, -0.15) is 0 Å². The van der Waals surface area contributed by atoms with Crippen molar-refractivity contribution in [3.05, 3.63) is 92.3 Å². The number of sulfone groups is 1. The zero-order chi connectivity index (χ0) is 26.1. The number of alkyl halides is 3. The quantitative estimate of drug-likeness (QED) is 0.467. The lowest BCUT2D eigenvalue weighted by molar-refractivity contribution is -0.275. The average Bonchev–Trinajstić information content (AvgIpc) is 3.64. The van der Waals surface area contributed by atoms with E-state index in [9.17, 15) is 36.0 Å². The first-order chi connectivity index (χ1) is 16.9. The van der Waals surface area contributed by atoms with Gasteiger partial charge in [-0.3, -0.25) is 14.6 Å². The topological polar surface area (TPSA) is 129 Å². The van der Waals surface area contributed by atoms with Gasteiger partial charge in [0.15, 0.2) is 9.84 Å². The number of amides is 1. The molecule has 1 amide bonds. The molecule has 0 atom stereocenters. The smallest absolute Gasteiger partial charge is 0.405 e. The number of ether oxygens (including phenoxy) is 1. The summed E-state index contributed by atoms with van der Waals surface area (Å²) in [4.78, 5) is 41.5. The lowest BCUT2D eigenvalue weighted by atomic mass is 10.1.